The molecule has 0 aliphatic heterocycles. The second-order valence-electron chi connectivity index (χ2n) is 8.62. The molecule has 2 fully saturated rings. The van der Waals surface area contributed by atoms with Crippen LogP contribution in [-0.4, -0.2) is 26.8 Å². The summed E-state index contributed by atoms with van der Waals surface area (Å²) < 4.78 is 1.69. The van der Waals surface area contributed by atoms with Crippen molar-refractivity contribution >= 4 is 39.2 Å². The van der Waals surface area contributed by atoms with E-state index in [0.717, 1.165) is 47.2 Å². The maximum Gasteiger partial charge on any atom is 0.267 e. The van der Waals surface area contributed by atoms with Crippen LogP contribution in [-0.2, 0) is 4.79 Å². The maximum atomic E-state index is 13.6. The zero-order valence-electron chi connectivity index (χ0n) is 17.7. The molecule has 1 aromatic carbocycles. The van der Waals surface area contributed by atoms with Crippen molar-refractivity contribution in [3.05, 3.63) is 51.6 Å². The third-order valence-corrected chi connectivity index (χ3v) is 8.18. The van der Waals surface area contributed by atoms with Crippen LogP contribution in [0.25, 0.3) is 15.9 Å². The van der Waals surface area contributed by atoms with Gasteiger partial charge < -0.3 is 5.32 Å². The Morgan fingerprint density at radius 2 is 1.90 bits per heavy atom. The average molecular weight is 454 g/mol. The Balaban J connectivity index is 1.50. The lowest BCUT2D eigenvalue weighted by atomic mass is 9.95. The molecule has 2 aromatic heterocycles. The molecule has 2 aliphatic rings. The molecule has 1 unspecified atom stereocenters. The van der Waals surface area contributed by atoms with Crippen molar-refractivity contribution in [3.63, 3.8) is 0 Å². The summed E-state index contributed by atoms with van der Waals surface area (Å²) in [5.41, 5.74) is 1.90. The Morgan fingerprint density at radius 3 is 2.61 bits per heavy atom. The minimum absolute atomic E-state index is 0.0238. The Morgan fingerprint density at radius 1 is 1.16 bits per heavy atom. The Kier molecular flexibility index (Phi) is 5.89. The molecule has 1 atom stereocenters. The molecule has 0 bridgehead atoms. The summed E-state index contributed by atoms with van der Waals surface area (Å²) in [6.45, 7) is 1.90. The van der Waals surface area contributed by atoms with Crippen LogP contribution < -0.4 is 10.9 Å². The molecule has 2 aliphatic carbocycles. The van der Waals surface area contributed by atoms with Gasteiger partial charge in [-0.25, -0.2) is 4.98 Å². The molecule has 5 nitrogen and oxygen atoms in total. The molecule has 0 radical (unpaired) electrons. The summed E-state index contributed by atoms with van der Waals surface area (Å²) in [6.07, 6.45) is 8.02. The van der Waals surface area contributed by atoms with Crippen molar-refractivity contribution in [2.24, 2.45) is 0 Å². The molecule has 2 heterocycles. The molecule has 31 heavy (non-hydrogen) atoms. The van der Waals surface area contributed by atoms with Crippen LogP contribution in [0.3, 0.4) is 0 Å². The summed E-state index contributed by atoms with van der Waals surface area (Å²) in [5, 5.41) is 6.30. The fourth-order valence-corrected chi connectivity index (χ4v) is 6.35. The lowest BCUT2D eigenvalue weighted by molar-refractivity contribution is -0.121. The second kappa shape index (κ2) is 8.79. The van der Waals surface area contributed by atoms with Crippen LogP contribution in [0.5, 0.6) is 0 Å². The van der Waals surface area contributed by atoms with Gasteiger partial charge in [-0.1, -0.05) is 49.2 Å². The van der Waals surface area contributed by atoms with Crippen molar-refractivity contribution in [2.75, 3.05) is 0 Å². The zero-order valence-corrected chi connectivity index (χ0v) is 19.3. The number of thiophene rings is 1. The van der Waals surface area contributed by atoms with E-state index in [1.807, 2.05) is 37.3 Å². The normalized spacial score (nSPS) is 18.2. The first-order chi connectivity index (χ1) is 15.1. The fraction of sp³-hybridized carbons (Fsp3) is 0.458. The summed E-state index contributed by atoms with van der Waals surface area (Å²) in [7, 11) is 0. The highest BCUT2D eigenvalue weighted by atomic mass is 32.2. The van der Waals surface area contributed by atoms with Crippen LogP contribution in [0.4, 0.5) is 0 Å². The van der Waals surface area contributed by atoms with Crippen molar-refractivity contribution in [3.8, 4) is 5.69 Å². The van der Waals surface area contributed by atoms with E-state index in [1.54, 1.807) is 15.9 Å². The lowest BCUT2D eigenvalue weighted by Gasteiger charge is -2.24. The van der Waals surface area contributed by atoms with Crippen molar-refractivity contribution in [1.29, 1.82) is 0 Å². The summed E-state index contributed by atoms with van der Waals surface area (Å²) in [5.74, 6) is 0.516. The Bertz CT molecular complexity index is 1140. The highest BCUT2D eigenvalue weighted by molar-refractivity contribution is 8.00. The van der Waals surface area contributed by atoms with E-state index < -0.39 is 0 Å². The number of hydrogen-bond acceptors (Lipinski definition) is 5. The summed E-state index contributed by atoms with van der Waals surface area (Å²) in [6, 6.07) is 9.91. The van der Waals surface area contributed by atoms with Crippen LogP contribution in [0.2, 0.25) is 0 Å². The Labute approximate surface area is 190 Å². The van der Waals surface area contributed by atoms with Gasteiger partial charge in [0.05, 0.1) is 16.3 Å². The van der Waals surface area contributed by atoms with E-state index in [4.69, 9.17) is 4.98 Å². The highest BCUT2D eigenvalue weighted by Crippen LogP contribution is 2.44. The van der Waals surface area contributed by atoms with Gasteiger partial charge in [-0.3, -0.25) is 14.2 Å². The van der Waals surface area contributed by atoms with E-state index >= 15 is 0 Å². The van der Waals surface area contributed by atoms with E-state index in [0.29, 0.717) is 11.1 Å². The van der Waals surface area contributed by atoms with Crippen molar-refractivity contribution < 1.29 is 4.79 Å². The van der Waals surface area contributed by atoms with Gasteiger partial charge in [0.2, 0.25) is 5.91 Å². The SMILES string of the molecule is CC(Sc1nc2scc(C3CC3)c2c(=O)n1-c1ccccc1)C(=O)NC1CCCCC1. The lowest BCUT2D eigenvalue weighted by Crippen LogP contribution is -2.40. The minimum atomic E-state index is -0.330. The van der Waals surface area contributed by atoms with E-state index in [-0.39, 0.29) is 22.8 Å². The monoisotopic (exact) mass is 453 g/mol. The van der Waals surface area contributed by atoms with Crippen LogP contribution in [0, 0.1) is 0 Å². The number of rotatable bonds is 6. The molecule has 2 saturated carbocycles. The molecule has 5 rings (SSSR count). The van der Waals surface area contributed by atoms with E-state index in [9.17, 15) is 9.59 Å². The quantitative estimate of drug-likeness (QED) is 0.409. The van der Waals surface area contributed by atoms with E-state index in [2.05, 4.69) is 10.7 Å². The first-order valence-electron chi connectivity index (χ1n) is 11.2. The number of fused-ring (bicyclic) bond motifs is 1. The van der Waals surface area contributed by atoms with Gasteiger partial charge >= 0.3 is 0 Å². The second-order valence-corrected chi connectivity index (χ2v) is 10.8. The standard InChI is InChI=1S/C24H27N3O2S2/c1-15(21(28)25-17-8-4-2-5-9-17)31-24-26-22-20(19(14-30-22)16-12-13-16)23(29)27(24)18-10-6-3-7-11-18/h3,6-7,10-11,14-17H,2,4-5,8-9,12-13H2,1H3,(H,25,28). The number of nitrogens with zero attached hydrogens (tertiary/aromatic N) is 2. The van der Waals surface area contributed by atoms with Gasteiger partial charge in [-0.05, 0) is 61.6 Å². The molecule has 1 N–H and O–H groups in total. The molecule has 3 aromatic rings. The van der Waals surface area contributed by atoms with Gasteiger partial charge in [-0.15, -0.1) is 11.3 Å². The summed E-state index contributed by atoms with van der Waals surface area (Å²) in [4.78, 5) is 32.2. The zero-order chi connectivity index (χ0) is 21.4. The number of para-hydroxylation sites is 1. The third kappa shape index (κ3) is 4.30. The highest BCUT2D eigenvalue weighted by Gasteiger charge is 2.30. The van der Waals surface area contributed by atoms with Gasteiger partial charge in [0.25, 0.3) is 5.56 Å². The number of amides is 1. The van der Waals surface area contributed by atoms with Gasteiger partial charge in [0.1, 0.15) is 4.83 Å². The first-order valence-corrected chi connectivity index (χ1v) is 12.9. The predicted molar refractivity (Wildman–Crippen MR) is 128 cm³/mol. The number of nitrogens with one attached hydrogen (secondary N) is 1. The fourth-order valence-electron chi connectivity index (χ4n) is 4.35. The van der Waals surface area contributed by atoms with E-state index in [1.165, 1.54) is 31.0 Å². The number of hydrogen-bond donors (Lipinski definition) is 1. The molecule has 0 spiro atoms. The van der Waals surface area contributed by atoms with Crippen LogP contribution in [0.1, 0.15) is 63.4 Å². The molecular weight excluding hydrogens is 426 g/mol. The predicted octanol–water partition coefficient (Wildman–Crippen LogP) is 5.25. The van der Waals surface area contributed by atoms with Gasteiger partial charge in [0, 0.05) is 6.04 Å². The van der Waals surface area contributed by atoms with Crippen molar-refractivity contribution in [1.82, 2.24) is 14.9 Å². The topological polar surface area (TPSA) is 64.0 Å². The smallest absolute Gasteiger partial charge is 0.267 e. The van der Waals surface area contributed by atoms with Crippen molar-refractivity contribution in [2.45, 2.75) is 74.2 Å². The molecule has 162 valence electrons. The number of thioether (sulfide) groups is 1. The minimum Gasteiger partial charge on any atom is -0.352 e. The summed E-state index contributed by atoms with van der Waals surface area (Å²) >= 11 is 2.91. The van der Waals surface area contributed by atoms with Gasteiger partial charge in [-0.2, -0.15) is 0 Å². The molecular formula is C24H27N3O2S2. The largest absolute Gasteiger partial charge is 0.352 e. The Hall–Kier alpha value is -2.12. The van der Waals surface area contributed by atoms with Crippen LogP contribution >= 0.6 is 23.1 Å². The maximum absolute atomic E-state index is 13.6. The van der Waals surface area contributed by atoms with Gasteiger partial charge in [0.15, 0.2) is 5.16 Å². The number of benzene rings is 1. The number of carbonyl (C=O) groups excluding carboxylic acids is 1. The molecule has 0 saturated heterocycles. The molecule has 1 amide bonds. The average Bonchev–Trinajstić information content (AvgIpc) is 3.54. The number of carbonyl (C=O) groups is 1. The van der Waals surface area contributed by atoms with Crippen LogP contribution in [0.15, 0.2) is 45.7 Å². The first kappa shape index (κ1) is 20.8. The number of aromatic nitrogens is 2. The molecule has 7 heteroatoms. The third-order valence-electron chi connectivity index (χ3n) is 6.24.